The predicted octanol–water partition coefficient (Wildman–Crippen LogP) is 3.79. The van der Waals surface area contributed by atoms with Gasteiger partial charge in [0.15, 0.2) is 0 Å². The van der Waals surface area contributed by atoms with E-state index in [0.717, 1.165) is 17.5 Å². The van der Waals surface area contributed by atoms with E-state index in [9.17, 15) is 4.79 Å². The van der Waals surface area contributed by atoms with Crippen molar-refractivity contribution in [1.29, 1.82) is 0 Å². The molecule has 0 aromatic heterocycles. The van der Waals surface area contributed by atoms with Gasteiger partial charge in [-0.15, -0.1) is 0 Å². The summed E-state index contributed by atoms with van der Waals surface area (Å²) in [6, 6.07) is 17.3. The number of rotatable bonds is 3. The number of halogens is 1. The molecule has 2 aromatic rings. The summed E-state index contributed by atoms with van der Waals surface area (Å²) < 4.78 is 5.39. The van der Waals surface area contributed by atoms with Crippen LogP contribution < -0.4 is 5.73 Å². The summed E-state index contributed by atoms with van der Waals surface area (Å²) in [7, 11) is 0. The number of nitrogens with zero attached hydrogens (tertiary/aromatic N) is 1. The molecule has 0 unspecified atom stereocenters. The molecule has 0 saturated carbocycles. The number of carbonyl (C=O) groups excluding carboxylic acids is 1. The van der Waals surface area contributed by atoms with Gasteiger partial charge in [0.2, 0.25) is 0 Å². The second-order valence-electron chi connectivity index (χ2n) is 6.10. The van der Waals surface area contributed by atoms with Crippen molar-refractivity contribution in [1.82, 2.24) is 4.90 Å². The minimum atomic E-state index is -0.307. The molecule has 24 heavy (non-hydrogen) atoms. The molecule has 5 heteroatoms. The van der Waals surface area contributed by atoms with Crippen LogP contribution in [0.25, 0.3) is 0 Å². The van der Waals surface area contributed by atoms with Crippen molar-refractivity contribution in [2.24, 2.45) is 5.73 Å². The Morgan fingerprint density at radius 3 is 2.71 bits per heavy atom. The van der Waals surface area contributed by atoms with Gasteiger partial charge in [0.25, 0.3) is 0 Å². The zero-order valence-electron chi connectivity index (χ0n) is 13.4. The molecule has 0 aliphatic carbocycles. The monoisotopic (exact) mass is 344 g/mol. The number of hydrogen-bond acceptors (Lipinski definition) is 3. The normalized spacial score (nSPS) is 20.7. The fraction of sp³-hybridized carbons (Fsp3) is 0.316. The first-order chi connectivity index (χ1) is 11.6. The fourth-order valence-electron chi connectivity index (χ4n) is 3.11. The Bertz CT molecular complexity index is 693. The van der Waals surface area contributed by atoms with Gasteiger partial charge in [-0.1, -0.05) is 54.1 Å². The lowest BCUT2D eigenvalue weighted by Crippen LogP contribution is -2.49. The van der Waals surface area contributed by atoms with Crippen molar-refractivity contribution in [3.8, 4) is 0 Å². The van der Waals surface area contributed by atoms with Gasteiger partial charge in [-0.3, -0.25) is 0 Å². The highest BCUT2D eigenvalue weighted by molar-refractivity contribution is 6.30. The molecule has 0 spiro atoms. The van der Waals surface area contributed by atoms with Gasteiger partial charge < -0.3 is 15.4 Å². The van der Waals surface area contributed by atoms with E-state index >= 15 is 0 Å². The molecule has 1 saturated heterocycles. The molecule has 3 rings (SSSR count). The van der Waals surface area contributed by atoms with Crippen molar-refractivity contribution >= 4 is 17.7 Å². The standard InChI is InChI=1S/C19H21ClN2O2/c20-16-8-4-7-15(11-16)17-9-10-22(12-18(17)21)19(23)24-13-14-5-2-1-3-6-14/h1-8,11,17-18H,9-10,12-13,21H2/t17-,18+/m0/s1. The summed E-state index contributed by atoms with van der Waals surface area (Å²) in [5.41, 5.74) is 8.41. The number of carbonyl (C=O) groups is 1. The number of ether oxygens (including phenoxy) is 1. The molecule has 2 N–H and O–H groups in total. The molecule has 2 atom stereocenters. The predicted molar refractivity (Wildman–Crippen MR) is 95.0 cm³/mol. The summed E-state index contributed by atoms with van der Waals surface area (Å²) in [6.45, 7) is 1.41. The first kappa shape index (κ1) is 16.8. The van der Waals surface area contributed by atoms with Crippen molar-refractivity contribution < 1.29 is 9.53 Å². The Balaban J connectivity index is 1.56. The second-order valence-corrected chi connectivity index (χ2v) is 6.54. The summed E-state index contributed by atoms with van der Waals surface area (Å²) >= 11 is 6.07. The molecule has 2 aromatic carbocycles. The molecule has 126 valence electrons. The first-order valence-electron chi connectivity index (χ1n) is 8.10. The lowest BCUT2D eigenvalue weighted by molar-refractivity contribution is 0.0831. The summed E-state index contributed by atoms with van der Waals surface area (Å²) in [4.78, 5) is 13.9. The number of piperidine rings is 1. The zero-order chi connectivity index (χ0) is 16.9. The summed E-state index contributed by atoms with van der Waals surface area (Å²) in [6.07, 6.45) is 0.501. The Labute approximate surface area is 147 Å². The van der Waals surface area contributed by atoms with E-state index in [4.69, 9.17) is 22.1 Å². The van der Waals surface area contributed by atoms with E-state index in [2.05, 4.69) is 0 Å². The van der Waals surface area contributed by atoms with E-state index in [0.29, 0.717) is 18.1 Å². The number of hydrogen-bond donors (Lipinski definition) is 1. The number of nitrogens with two attached hydrogens (primary N) is 1. The third-order valence-corrected chi connectivity index (χ3v) is 4.63. The molecule has 0 bridgehead atoms. The number of benzene rings is 2. The Morgan fingerprint density at radius 2 is 2.00 bits per heavy atom. The maximum atomic E-state index is 12.2. The molecule has 0 radical (unpaired) electrons. The molecule has 1 amide bonds. The molecule has 1 aliphatic heterocycles. The van der Waals surface area contributed by atoms with Crippen molar-refractivity contribution in [3.63, 3.8) is 0 Å². The summed E-state index contributed by atoms with van der Waals surface area (Å²) in [5.74, 6) is 0.210. The second kappa shape index (κ2) is 7.69. The molecular formula is C19H21ClN2O2. The highest BCUT2D eigenvalue weighted by Gasteiger charge is 2.30. The Morgan fingerprint density at radius 1 is 1.21 bits per heavy atom. The number of likely N-dealkylation sites (tertiary alicyclic amines) is 1. The molecule has 1 aliphatic rings. The van der Waals surface area contributed by atoms with E-state index in [1.165, 1.54) is 0 Å². The van der Waals surface area contributed by atoms with Crippen LogP contribution in [0.3, 0.4) is 0 Å². The van der Waals surface area contributed by atoms with Gasteiger partial charge in [-0.25, -0.2) is 4.79 Å². The van der Waals surface area contributed by atoms with Crippen LogP contribution in [-0.4, -0.2) is 30.1 Å². The van der Waals surface area contributed by atoms with Crippen LogP contribution in [0.5, 0.6) is 0 Å². The summed E-state index contributed by atoms with van der Waals surface area (Å²) in [5, 5.41) is 0.712. The van der Waals surface area contributed by atoms with Gasteiger partial charge in [-0.2, -0.15) is 0 Å². The topological polar surface area (TPSA) is 55.6 Å². The van der Waals surface area contributed by atoms with Crippen LogP contribution in [0.2, 0.25) is 5.02 Å². The quantitative estimate of drug-likeness (QED) is 0.921. The first-order valence-corrected chi connectivity index (χ1v) is 8.48. The van der Waals surface area contributed by atoms with Gasteiger partial charge in [0, 0.05) is 30.1 Å². The average Bonchev–Trinajstić information content (AvgIpc) is 2.60. The van der Waals surface area contributed by atoms with Gasteiger partial charge >= 0.3 is 6.09 Å². The third-order valence-electron chi connectivity index (χ3n) is 4.40. The molecular weight excluding hydrogens is 324 g/mol. The van der Waals surface area contributed by atoms with Crippen LogP contribution in [0.15, 0.2) is 54.6 Å². The molecule has 4 nitrogen and oxygen atoms in total. The molecule has 1 heterocycles. The SMILES string of the molecule is N[C@@H]1CN(C(=O)OCc2ccccc2)CC[C@H]1c1cccc(Cl)c1. The zero-order valence-corrected chi connectivity index (χ0v) is 14.2. The van der Waals surface area contributed by atoms with Gasteiger partial charge in [0.05, 0.1) is 0 Å². The van der Waals surface area contributed by atoms with E-state index in [1.807, 2.05) is 54.6 Å². The minimum Gasteiger partial charge on any atom is -0.445 e. The number of amides is 1. The lowest BCUT2D eigenvalue weighted by Gasteiger charge is -2.36. The highest BCUT2D eigenvalue weighted by atomic mass is 35.5. The van der Waals surface area contributed by atoms with E-state index < -0.39 is 0 Å². The van der Waals surface area contributed by atoms with Crippen LogP contribution in [0, 0.1) is 0 Å². The van der Waals surface area contributed by atoms with Crippen LogP contribution in [0.4, 0.5) is 4.79 Å². The molecule has 1 fully saturated rings. The lowest BCUT2D eigenvalue weighted by atomic mass is 9.86. The Kier molecular flexibility index (Phi) is 5.38. The van der Waals surface area contributed by atoms with Crippen molar-refractivity contribution in [2.45, 2.75) is 25.0 Å². The fourth-order valence-corrected chi connectivity index (χ4v) is 3.31. The van der Waals surface area contributed by atoms with E-state index in [-0.39, 0.29) is 24.7 Å². The Hall–Kier alpha value is -2.04. The van der Waals surface area contributed by atoms with Crippen molar-refractivity contribution in [3.05, 3.63) is 70.7 Å². The van der Waals surface area contributed by atoms with Crippen LogP contribution >= 0.6 is 11.6 Å². The largest absolute Gasteiger partial charge is 0.445 e. The minimum absolute atomic E-state index is 0.124. The van der Waals surface area contributed by atoms with Gasteiger partial charge in [-0.05, 0) is 29.7 Å². The smallest absolute Gasteiger partial charge is 0.410 e. The maximum absolute atomic E-state index is 12.2. The van der Waals surface area contributed by atoms with Gasteiger partial charge in [0.1, 0.15) is 6.61 Å². The van der Waals surface area contributed by atoms with Crippen LogP contribution in [-0.2, 0) is 11.3 Å². The highest BCUT2D eigenvalue weighted by Crippen LogP contribution is 2.29. The maximum Gasteiger partial charge on any atom is 0.410 e. The third kappa shape index (κ3) is 4.08. The van der Waals surface area contributed by atoms with Crippen LogP contribution in [0.1, 0.15) is 23.5 Å². The average molecular weight is 345 g/mol. The van der Waals surface area contributed by atoms with Crippen molar-refractivity contribution in [2.75, 3.05) is 13.1 Å². The van der Waals surface area contributed by atoms with E-state index in [1.54, 1.807) is 4.90 Å².